The molecule has 13 heavy (non-hydrogen) atoms. The number of hydrogen-bond donors (Lipinski definition) is 2. The molecule has 0 saturated carbocycles. The van der Waals surface area contributed by atoms with E-state index in [0.29, 0.717) is 16.6 Å². The van der Waals surface area contributed by atoms with Crippen LogP contribution < -0.4 is 11.1 Å². The van der Waals surface area contributed by atoms with Crippen LogP contribution in [0, 0.1) is 0 Å². The van der Waals surface area contributed by atoms with Crippen LogP contribution in [0.5, 0.6) is 0 Å². The highest BCUT2D eigenvalue weighted by atomic mass is 32.2. The third-order valence-electron chi connectivity index (χ3n) is 1.29. The van der Waals surface area contributed by atoms with Crippen LogP contribution in [0.25, 0.3) is 0 Å². The van der Waals surface area contributed by atoms with E-state index < -0.39 is 0 Å². The first kappa shape index (κ1) is 9.79. The highest BCUT2D eigenvalue weighted by Gasteiger charge is 2.01. The van der Waals surface area contributed by atoms with Crippen molar-refractivity contribution in [3.8, 4) is 0 Å². The van der Waals surface area contributed by atoms with E-state index in [-0.39, 0.29) is 5.91 Å². The Morgan fingerprint density at radius 2 is 2.38 bits per heavy atom. The van der Waals surface area contributed by atoms with Gasteiger partial charge in [-0.2, -0.15) is 0 Å². The van der Waals surface area contributed by atoms with E-state index in [1.807, 2.05) is 0 Å². The Hall–Kier alpha value is -1.30. The molecule has 1 aromatic heterocycles. The van der Waals surface area contributed by atoms with Crippen molar-refractivity contribution in [3.63, 3.8) is 0 Å². The number of nitrogens with two attached hydrogens (primary N) is 1. The Balaban J connectivity index is 2.46. The summed E-state index contributed by atoms with van der Waals surface area (Å²) in [4.78, 5) is 10.8. The second-order valence-corrected chi connectivity index (χ2v) is 3.25. The number of carbonyl (C=O) groups is 1. The summed E-state index contributed by atoms with van der Waals surface area (Å²) in [5, 5.41) is 10.7. The molecule has 0 saturated heterocycles. The normalized spacial score (nSPS) is 9.62. The Morgan fingerprint density at radius 3 is 2.92 bits per heavy atom. The zero-order valence-corrected chi connectivity index (χ0v) is 7.97. The minimum absolute atomic E-state index is 0.0383. The van der Waals surface area contributed by atoms with E-state index in [0.717, 1.165) is 0 Å². The van der Waals surface area contributed by atoms with Gasteiger partial charge in [0, 0.05) is 7.05 Å². The van der Waals surface area contributed by atoms with Crippen LogP contribution >= 0.6 is 11.8 Å². The molecule has 0 unspecified atom stereocenters. The minimum atomic E-state index is -0.0383. The third kappa shape index (κ3) is 3.29. The van der Waals surface area contributed by atoms with Crippen LogP contribution in [-0.4, -0.2) is 28.9 Å². The van der Waals surface area contributed by atoms with Crippen molar-refractivity contribution in [1.82, 2.24) is 15.5 Å². The van der Waals surface area contributed by atoms with Gasteiger partial charge in [-0.3, -0.25) is 4.79 Å². The van der Waals surface area contributed by atoms with Crippen LogP contribution in [0.3, 0.4) is 0 Å². The van der Waals surface area contributed by atoms with Gasteiger partial charge in [0.2, 0.25) is 5.91 Å². The maximum Gasteiger partial charge on any atom is 0.230 e. The minimum Gasteiger partial charge on any atom is -0.382 e. The Morgan fingerprint density at radius 1 is 1.62 bits per heavy atom. The van der Waals surface area contributed by atoms with Gasteiger partial charge in [-0.15, -0.1) is 10.2 Å². The fraction of sp³-hybridized carbons (Fsp3) is 0.286. The largest absolute Gasteiger partial charge is 0.382 e. The molecule has 5 nitrogen and oxygen atoms in total. The van der Waals surface area contributed by atoms with E-state index in [9.17, 15) is 4.79 Å². The molecule has 6 heteroatoms. The standard InChI is InChI=1S/C7H10N4OS/c1-9-6(12)4-13-7-3-2-5(8)10-11-7/h2-3H,4H2,1H3,(H2,8,10)(H,9,12). The van der Waals surface area contributed by atoms with Crippen molar-refractivity contribution >= 4 is 23.5 Å². The Bertz CT molecular complexity index is 287. The van der Waals surface area contributed by atoms with Crippen molar-refractivity contribution in [2.45, 2.75) is 5.03 Å². The predicted molar refractivity (Wildman–Crippen MR) is 51.2 cm³/mol. The second-order valence-electron chi connectivity index (χ2n) is 2.26. The molecular weight excluding hydrogens is 188 g/mol. The van der Waals surface area contributed by atoms with E-state index in [2.05, 4.69) is 15.5 Å². The molecule has 0 fully saturated rings. The van der Waals surface area contributed by atoms with Gasteiger partial charge in [-0.05, 0) is 12.1 Å². The number of amides is 1. The zero-order chi connectivity index (χ0) is 9.68. The Kier molecular flexibility index (Phi) is 3.51. The number of anilines is 1. The van der Waals surface area contributed by atoms with E-state index in [4.69, 9.17) is 5.73 Å². The van der Waals surface area contributed by atoms with Gasteiger partial charge in [0.05, 0.1) is 5.75 Å². The van der Waals surface area contributed by atoms with Gasteiger partial charge in [-0.25, -0.2) is 0 Å². The van der Waals surface area contributed by atoms with Crippen LogP contribution in [-0.2, 0) is 4.79 Å². The molecule has 3 N–H and O–H groups in total. The number of carbonyl (C=O) groups excluding carboxylic acids is 1. The van der Waals surface area contributed by atoms with Crippen molar-refractivity contribution in [2.24, 2.45) is 0 Å². The summed E-state index contributed by atoms with van der Waals surface area (Å²) in [6.45, 7) is 0. The number of hydrogen-bond acceptors (Lipinski definition) is 5. The first-order valence-corrected chi connectivity index (χ1v) is 4.63. The summed E-state index contributed by atoms with van der Waals surface area (Å²) in [6.07, 6.45) is 0. The molecule has 0 aliphatic carbocycles. The molecule has 0 spiro atoms. The SMILES string of the molecule is CNC(=O)CSc1ccc(N)nn1. The van der Waals surface area contributed by atoms with Crippen molar-refractivity contribution in [3.05, 3.63) is 12.1 Å². The number of rotatable bonds is 3. The van der Waals surface area contributed by atoms with Gasteiger partial charge in [-0.1, -0.05) is 11.8 Å². The lowest BCUT2D eigenvalue weighted by atomic mass is 10.5. The summed E-state index contributed by atoms with van der Waals surface area (Å²) in [7, 11) is 1.59. The molecular formula is C7H10N4OS. The molecule has 0 bridgehead atoms. The highest BCUT2D eigenvalue weighted by molar-refractivity contribution is 7.99. The molecule has 1 rings (SSSR count). The third-order valence-corrected chi connectivity index (χ3v) is 2.21. The molecule has 70 valence electrons. The van der Waals surface area contributed by atoms with Gasteiger partial charge < -0.3 is 11.1 Å². The maximum absolute atomic E-state index is 10.8. The number of nitrogens with zero attached hydrogens (tertiary/aromatic N) is 2. The maximum atomic E-state index is 10.8. The van der Waals surface area contributed by atoms with Crippen LogP contribution in [0.15, 0.2) is 17.2 Å². The van der Waals surface area contributed by atoms with Crippen molar-refractivity contribution in [1.29, 1.82) is 0 Å². The first-order valence-electron chi connectivity index (χ1n) is 3.65. The number of nitrogen functional groups attached to an aromatic ring is 1. The van der Waals surface area contributed by atoms with Crippen molar-refractivity contribution in [2.75, 3.05) is 18.5 Å². The topological polar surface area (TPSA) is 80.9 Å². The van der Waals surface area contributed by atoms with Crippen molar-refractivity contribution < 1.29 is 4.79 Å². The molecule has 0 atom stereocenters. The van der Waals surface area contributed by atoms with Gasteiger partial charge >= 0.3 is 0 Å². The second kappa shape index (κ2) is 4.66. The molecule has 1 aromatic rings. The lowest BCUT2D eigenvalue weighted by Crippen LogP contribution is -2.19. The molecule has 0 aliphatic heterocycles. The average Bonchev–Trinajstić information content (AvgIpc) is 2.16. The summed E-state index contributed by atoms with van der Waals surface area (Å²) >= 11 is 1.32. The fourth-order valence-corrected chi connectivity index (χ4v) is 1.31. The van der Waals surface area contributed by atoms with Gasteiger partial charge in [0.25, 0.3) is 0 Å². The monoisotopic (exact) mass is 198 g/mol. The molecule has 0 aromatic carbocycles. The summed E-state index contributed by atoms with van der Waals surface area (Å²) in [6, 6.07) is 3.38. The van der Waals surface area contributed by atoms with E-state index in [1.165, 1.54) is 11.8 Å². The molecule has 0 aliphatic rings. The first-order chi connectivity index (χ1) is 6.22. The summed E-state index contributed by atoms with van der Waals surface area (Å²) in [5.41, 5.74) is 5.35. The fourth-order valence-electron chi connectivity index (χ4n) is 0.619. The lowest BCUT2D eigenvalue weighted by molar-refractivity contribution is -0.118. The number of nitrogens with one attached hydrogen (secondary N) is 1. The smallest absolute Gasteiger partial charge is 0.230 e. The van der Waals surface area contributed by atoms with Crippen LogP contribution in [0.2, 0.25) is 0 Å². The lowest BCUT2D eigenvalue weighted by Gasteiger charge is -1.98. The molecule has 1 heterocycles. The molecule has 1 amide bonds. The highest BCUT2D eigenvalue weighted by Crippen LogP contribution is 2.13. The van der Waals surface area contributed by atoms with E-state index in [1.54, 1.807) is 19.2 Å². The Labute approximate surface area is 80.1 Å². The summed E-state index contributed by atoms with van der Waals surface area (Å²) in [5.74, 6) is 0.683. The molecule has 0 radical (unpaired) electrons. The van der Waals surface area contributed by atoms with Gasteiger partial charge in [0.1, 0.15) is 10.8 Å². The number of thioether (sulfide) groups is 1. The van der Waals surface area contributed by atoms with Crippen LogP contribution in [0.1, 0.15) is 0 Å². The van der Waals surface area contributed by atoms with Crippen LogP contribution in [0.4, 0.5) is 5.82 Å². The average molecular weight is 198 g/mol. The van der Waals surface area contributed by atoms with E-state index >= 15 is 0 Å². The summed E-state index contributed by atoms with van der Waals surface area (Å²) < 4.78 is 0. The number of aromatic nitrogens is 2. The predicted octanol–water partition coefficient (Wildman–Crippen LogP) is -0.103. The zero-order valence-electron chi connectivity index (χ0n) is 7.15. The quantitative estimate of drug-likeness (QED) is 0.663. The van der Waals surface area contributed by atoms with Gasteiger partial charge in [0.15, 0.2) is 0 Å².